The van der Waals surface area contributed by atoms with Crippen LogP contribution in [0, 0.1) is 0 Å². The Morgan fingerprint density at radius 2 is 2.47 bits per heavy atom. The van der Waals surface area contributed by atoms with Crippen molar-refractivity contribution in [1.29, 1.82) is 0 Å². The first-order chi connectivity index (χ1) is 8.13. The lowest BCUT2D eigenvalue weighted by molar-refractivity contribution is -0.119. The van der Waals surface area contributed by atoms with Crippen LogP contribution in [0.5, 0.6) is 0 Å². The molecule has 0 saturated carbocycles. The van der Waals surface area contributed by atoms with Crippen molar-refractivity contribution >= 4 is 23.4 Å². The Balaban J connectivity index is 2.36. The summed E-state index contributed by atoms with van der Waals surface area (Å²) in [6.07, 6.45) is 3.23. The topological polar surface area (TPSA) is 77.2 Å². The summed E-state index contributed by atoms with van der Waals surface area (Å²) in [6, 6.07) is 1.81. The van der Waals surface area contributed by atoms with E-state index in [-0.39, 0.29) is 11.9 Å². The molecular weight excluding hydrogens is 238 g/mol. The molecule has 0 saturated heterocycles. The summed E-state index contributed by atoms with van der Waals surface area (Å²) in [7, 11) is 1.61. The third-order valence-corrected chi connectivity index (χ3v) is 3.08. The molecule has 3 N–H and O–H groups in total. The van der Waals surface area contributed by atoms with Crippen molar-refractivity contribution in [3.63, 3.8) is 0 Å². The minimum Gasteiger partial charge on any atom is -0.397 e. The monoisotopic (exact) mass is 255 g/mol. The minimum atomic E-state index is -0.0317. The third kappa shape index (κ3) is 5.06. The number of hydrogen-bond donors (Lipinski definition) is 2. The van der Waals surface area contributed by atoms with Gasteiger partial charge in [-0.3, -0.25) is 9.78 Å². The Hall–Kier alpha value is -1.27. The predicted molar refractivity (Wildman–Crippen MR) is 68.9 cm³/mol. The third-order valence-electron chi connectivity index (χ3n) is 1.99. The second-order valence-corrected chi connectivity index (χ2v) is 4.64. The first-order valence-electron chi connectivity index (χ1n) is 5.24. The van der Waals surface area contributed by atoms with Gasteiger partial charge in [-0.15, -0.1) is 11.8 Å². The second kappa shape index (κ2) is 7.13. The van der Waals surface area contributed by atoms with Gasteiger partial charge in [0.1, 0.15) is 0 Å². The SMILES string of the molecule is COCC(C)NC(=O)CSc1ccncc1N. The van der Waals surface area contributed by atoms with Gasteiger partial charge in [-0.2, -0.15) is 0 Å². The summed E-state index contributed by atoms with van der Waals surface area (Å²) in [5.41, 5.74) is 6.31. The standard InChI is InChI=1S/C11H17N3O2S/c1-8(6-16-2)14-11(15)7-17-10-3-4-13-5-9(10)12/h3-5,8H,6-7,12H2,1-2H3,(H,14,15). The lowest BCUT2D eigenvalue weighted by Crippen LogP contribution is -2.36. The van der Waals surface area contributed by atoms with Gasteiger partial charge in [0.25, 0.3) is 0 Å². The number of amides is 1. The number of nitrogens with zero attached hydrogens (tertiary/aromatic N) is 1. The minimum absolute atomic E-state index is 0.0166. The van der Waals surface area contributed by atoms with Crippen LogP contribution in [-0.2, 0) is 9.53 Å². The van der Waals surface area contributed by atoms with Gasteiger partial charge in [0.2, 0.25) is 5.91 Å². The fraction of sp³-hybridized carbons (Fsp3) is 0.455. The highest BCUT2D eigenvalue weighted by Crippen LogP contribution is 2.22. The van der Waals surface area contributed by atoms with Crippen LogP contribution in [0.4, 0.5) is 5.69 Å². The molecule has 1 atom stereocenters. The number of nitrogens with two attached hydrogens (primary N) is 1. The van der Waals surface area contributed by atoms with Crippen LogP contribution in [0.25, 0.3) is 0 Å². The van der Waals surface area contributed by atoms with Crippen molar-refractivity contribution in [2.75, 3.05) is 25.2 Å². The average molecular weight is 255 g/mol. The average Bonchev–Trinajstić information content (AvgIpc) is 2.28. The van der Waals surface area contributed by atoms with Crippen molar-refractivity contribution < 1.29 is 9.53 Å². The van der Waals surface area contributed by atoms with Gasteiger partial charge in [0.15, 0.2) is 0 Å². The van der Waals surface area contributed by atoms with Gasteiger partial charge in [0.05, 0.1) is 24.2 Å². The number of carbonyl (C=O) groups excluding carboxylic acids is 1. The van der Waals surface area contributed by atoms with E-state index in [4.69, 9.17) is 10.5 Å². The summed E-state index contributed by atoms with van der Waals surface area (Å²) in [5, 5.41) is 2.83. The number of methoxy groups -OCH3 is 1. The Labute approximate surface area is 105 Å². The van der Waals surface area contributed by atoms with Crippen LogP contribution in [-0.4, -0.2) is 36.4 Å². The van der Waals surface area contributed by atoms with Crippen LogP contribution in [0.15, 0.2) is 23.4 Å². The molecule has 0 aliphatic rings. The molecule has 1 rings (SSSR count). The quantitative estimate of drug-likeness (QED) is 0.739. The van der Waals surface area contributed by atoms with Crippen LogP contribution in [0.2, 0.25) is 0 Å². The first kappa shape index (κ1) is 13.8. The van der Waals surface area contributed by atoms with Crippen LogP contribution < -0.4 is 11.1 Å². The molecule has 6 heteroatoms. The van der Waals surface area contributed by atoms with Crippen molar-refractivity contribution in [3.8, 4) is 0 Å². The number of anilines is 1. The molecule has 0 radical (unpaired) electrons. The predicted octanol–water partition coefficient (Wildman–Crippen LogP) is 0.907. The lowest BCUT2D eigenvalue weighted by Gasteiger charge is -2.12. The molecule has 17 heavy (non-hydrogen) atoms. The van der Waals surface area contributed by atoms with E-state index in [1.807, 2.05) is 6.92 Å². The Bertz CT molecular complexity index is 373. The number of pyridine rings is 1. The van der Waals surface area contributed by atoms with E-state index < -0.39 is 0 Å². The maximum Gasteiger partial charge on any atom is 0.230 e. The van der Waals surface area contributed by atoms with Gasteiger partial charge < -0.3 is 15.8 Å². The molecule has 0 fully saturated rings. The zero-order valence-corrected chi connectivity index (χ0v) is 10.8. The van der Waals surface area contributed by atoms with Crippen molar-refractivity contribution in [2.24, 2.45) is 0 Å². The number of aromatic nitrogens is 1. The zero-order valence-electron chi connectivity index (χ0n) is 9.97. The van der Waals surface area contributed by atoms with Crippen molar-refractivity contribution in [2.45, 2.75) is 17.9 Å². The summed E-state index contributed by atoms with van der Waals surface area (Å²) in [4.78, 5) is 16.3. The molecule has 94 valence electrons. The molecule has 1 heterocycles. The molecule has 1 aromatic heterocycles. The van der Waals surface area contributed by atoms with Crippen molar-refractivity contribution in [1.82, 2.24) is 10.3 Å². The fourth-order valence-corrected chi connectivity index (χ4v) is 2.02. The zero-order chi connectivity index (χ0) is 12.7. The normalized spacial score (nSPS) is 12.1. The molecule has 1 aromatic rings. The smallest absolute Gasteiger partial charge is 0.230 e. The molecule has 0 aliphatic heterocycles. The molecule has 0 aliphatic carbocycles. The van der Waals surface area contributed by atoms with E-state index in [2.05, 4.69) is 10.3 Å². The number of ether oxygens (including phenoxy) is 1. The maximum absolute atomic E-state index is 11.6. The highest BCUT2D eigenvalue weighted by molar-refractivity contribution is 8.00. The number of nitrogens with one attached hydrogen (secondary N) is 1. The lowest BCUT2D eigenvalue weighted by atomic mass is 10.3. The Kier molecular flexibility index (Phi) is 5.79. The number of carbonyl (C=O) groups is 1. The van der Waals surface area contributed by atoms with Gasteiger partial charge in [-0.1, -0.05) is 0 Å². The number of nitrogen functional groups attached to an aromatic ring is 1. The second-order valence-electron chi connectivity index (χ2n) is 3.63. The summed E-state index contributed by atoms with van der Waals surface area (Å²) in [5.74, 6) is 0.304. The molecule has 0 aromatic carbocycles. The molecule has 5 nitrogen and oxygen atoms in total. The van der Waals surface area contributed by atoms with E-state index in [9.17, 15) is 4.79 Å². The molecule has 0 bridgehead atoms. The van der Waals surface area contributed by atoms with Gasteiger partial charge in [-0.25, -0.2) is 0 Å². The van der Waals surface area contributed by atoms with E-state index in [1.54, 1.807) is 25.6 Å². The van der Waals surface area contributed by atoms with E-state index in [1.165, 1.54) is 11.8 Å². The van der Waals surface area contributed by atoms with E-state index >= 15 is 0 Å². The fourth-order valence-electron chi connectivity index (χ4n) is 1.28. The largest absolute Gasteiger partial charge is 0.397 e. The summed E-state index contributed by atoms with van der Waals surface area (Å²) < 4.78 is 4.94. The molecule has 1 amide bonds. The molecule has 1 unspecified atom stereocenters. The number of thioether (sulfide) groups is 1. The van der Waals surface area contributed by atoms with Crippen molar-refractivity contribution in [3.05, 3.63) is 18.5 Å². The number of rotatable bonds is 6. The van der Waals surface area contributed by atoms with Crippen LogP contribution in [0.3, 0.4) is 0 Å². The maximum atomic E-state index is 11.6. The highest BCUT2D eigenvalue weighted by atomic mass is 32.2. The van der Waals surface area contributed by atoms with Crippen LogP contribution in [0.1, 0.15) is 6.92 Å². The first-order valence-corrected chi connectivity index (χ1v) is 6.22. The van der Waals surface area contributed by atoms with Gasteiger partial charge in [0, 0.05) is 24.2 Å². The highest BCUT2D eigenvalue weighted by Gasteiger charge is 2.08. The van der Waals surface area contributed by atoms with E-state index in [0.717, 1.165) is 4.90 Å². The number of hydrogen-bond acceptors (Lipinski definition) is 5. The van der Waals surface area contributed by atoms with E-state index in [0.29, 0.717) is 18.0 Å². The summed E-state index contributed by atoms with van der Waals surface area (Å²) >= 11 is 1.40. The molecule has 0 spiro atoms. The Morgan fingerprint density at radius 3 is 3.12 bits per heavy atom. The van der Waals surface area contributed by atoms with Gasteiger partial charge >= 0.3 is 0 Å². The Morgan fingerprint density at radius 1 is 1.71 bits per heavy atom. The van der Waals surface area contributed by atoms with Crippen LogP contribution >= 0.6 is 11.8 Å². The summed E-state index contributed by atoms with van der Waals surface area (Å²) in [6.45, 7) is 2.40. The van der Waals surface area contributed by atoms with Gasteiger partial charge in [-0.05, 0) is 13.0 Å². The molecular formula is C11H17N3O2S.